The van der Waals surface area contributed by atoms with Gasteiger partial charge in [0.15, 0.2) is 0 Å². The van der Waals surface area contributed by atoms with E-state index in [-0.39, 0.29) is 17.9 Å². The maximum absolute atomic E-state index is 12.3. The summed E-state index contributed by atoms with van der Waals surface area (Å²) in [5, 5.41) is 12.2. The minimum Gasteiger partial charge on any atom is -0.396 e. The molecule has 0 saturated heterocycles. The number of amides is 1. The standard InChI is InChI=1S/C15H21NO2/c1-14(2,12-6-4-3-5-7-12)13(18)16-10-15(11-17)8-9-15/h3-7,17H,8-11H2,1-2H3,(H,16,18). The van der Waals surface area contributed by atoms with Gasteiger partial charge in [0.1, 0.15) is 0 Å². The Kier molecular flexibility index (Phi) is 3.44. The Hall–Kier alpha value is -1.35. The van der Waals surface area contributed by atoms with E-state index in [2.05, 4.69) is 5.32 Å². The number of carbonyl (C=O) groups excluding carboxylic acids is 1. The van der Waals surface area contributed by atoms with E-state index in [1.165, 1.54) is 0 Å². The maximum Gasteiger partial charge on any atom is 0.230 e. The van der Waals surface area contributed by atoms with Gasteiger partial charge in [0.05, 0.1) is 12.0 Å². The fourth-order valence-corrected chi connectivity index (χ4v) is 2.04. The molecular formula is C15H21NO2. The van der Waals surface area contributed by atoms with Crippen molar-refractivity contribution in [2.24, 2.45) is 5.41 Å². The van der Waals surface area contributed by atoms with Crippen LogP contribution >= 0.6 is 0 Å². The first-order valence-electron chi connectivity index (χ1n) is 6.45. The van der Waals surface area contributed by atoms with E-state index in [0.29, 0.717) is 6.54 Å². The lowest BCUT2D eigenvalue weighted by Crippen LogP contribution is -2.43. The highest BCUT2D eigenvalue weighted by Gasteiger charge is 2.43. The third-order valence-electron chi connectivity index (χ3n) is 3.98. The fraction of sp³-hybridized carbons (Fsp3) is 0.533. The third kappa shape index (κ3) is 2.56. The van der Waals surface area contributed by atoms with Crippen LogP contribution in [0, 0.1) is 5.41 Å². The second-order valence-corrected chi connectivity index (χ2v) is 5.83. The van der Waals surface area contributed by atoms with Crippen LogP contribution in [0.3, 0.4) is 0 Å². The second-order valence-electron chi connectivity index (χ2n) is 5.83. The van der Waals surface area contributed by atoms with E-state index in [4.69, 9.17) is 0 Å². The van der Waals surface area contributed by atoms with Gasteiger partial charge in [-0.15, -0.1) is 0 Å². The van der Waals surface area contributed by atoms with E-state index in [1.807, 2.05) is 44.2 Å². The van der Waals surface area contributed by atoms with Crippen LogP contribution in [-0.4, -0.2) is 24.2 Å². The predicted octanol–water partition coefficient (Wildman–Crippen LogP) is 1.85. The van der Waals surface area contributed by atoms with Gasteiger partial charge in [-0.25, -0.2) is 0 Å². The molecule has 1 fully saturated rings. The Morgan fingerprint density at radius 2 is 1.94 bits per heavy atom. The Morgan fingerprint density at radius 3 is 2.44 bits per heavy atom. The first kappa shape index (κ1) is 13.1. The number of hydrogen-bond donors (Lipinski definition) is 2. The molecule has 0 heterocycles. The molecule has 0 atom stereocenters. The molecule has 1 aliphatic carbocycles. The van der Waals surface area contributed by atoms with Gasteiger partial charge >= 0.3 is 0 Å². The highest BCUT2D eigenvalue weighted by atomic mass is 16.3. The van der Waals surface area contributed by atoms with Crippen LogP contribution in [0.2, 0.25) is 0 Å². The average Bonchev–Trinajstić information content (AvgIpc) is 3.17. The number of nitrogens with one attached hydrogen (secondary N) is 1. The molecule has 0 aromatic heterocycles. The van der Waals surface area contributed by atoms with E-state index >= 15 is 0 Å². The molecule has 0 radical (unpaired) electrons. The highest BCUT2D eigenvalue weighted by molar-refractivity contribution is 5.87. The molecule has 1 amide bonds. The lowest BCUT2D eigenvalue weighted by molar-refractivity contribution is -0.126. The van der Waals surface area contributed by atoms with E-state index < -0.39 is 5.41 Å². The first-order chi connectivity index (χ1) is 8.50. The summed E-state index contributed by atoms with van der Waals surface area (Å²) < 4.78 is 0. The summed E-state index contributed by atoms with van der Waals surface area (Å²) in [4.78, 5) is 12.3. The zero-order valence-electron chi connectivity index (χ0n) is 11.1. The van der Waals surface area contributed by atoms with Gasteiger partial charge in [-0.2, -0.15) is 0 Å². The summed E-state index contributed by atoms with van der Waals surface area (Å²) in [5.74, 6) is 0.0217. The number of aliphatic hydroxyl groups is 1. The van der Waals surface area contributed by atoms with Gasteiger partial charge in [-0.1, -0.05) is 30.3 Å². The summed E-state index contributed by atoms with van der Waals surface area (Å²) in [6, 6.07) is 9.78. The molecule has 2 N–H and O–H groups in total. The third-order valence-corrected chi connectivity index (χ3v) is 3.98. The van der Waals surface area contributed by atoms with Crippen molar-refractivity contribution in [1.82, 2.24) is 5.32 Å². The number of carbonyl (C=O) groups is 1. The monoisotopic (exact) mass is 247 g/mol. The van der Waals surface area contributed by atoms with Crippen molar-refractivity contribution in [1.29, 1.82) is 0 Å². The zero-order chi connectivity index (χ0) is 13.2. The maximum atomic E-state index is 12.3. The van der Waals surface area contributed by atoms with Crippen LogP contribution in [0.1, 0.15) is 32.3 Å². The van der Waals surface area contributed by atoms with Gasteiger partial charge < -0.3 is 10.4 Å². The van der Waals surface area contributed by atoms with Crippen molar-refractivity contribution in [2.45, 2.75) is 32.1 Å². The molecule has 1 saturated carbocycles. The minimum atomic E-state index is -0.535. The van der Waals surface area contributed by atoms with E-state index in [9.17, 15) is 9.90 Å². The largest absolute Gasteiger partial charge is 0.396 e. The molecule has 1 aromatic carbocycles. The molecule has 0 spiro atoms. The van der Waals surface area contributed by atoms with Crippen LogP contribution in [0.5, 0.6) is 0 Å². The van der Waals surface area contributed by atoms with Crippen molar-refractivity contribution in [3.05, 3.63) is 35.9 Å². The first-order valence-corrected chi connectivity index (χ1v) is 6.45. The number of benzene rings is 1. The number of aliphatic hydroxyl groups excluding tert-OH is 1. The molecule has 0 bridgehead atoms. The normalized spacial score (nSPS) is 17.3. The summed E-state index contributed by atoms with van der Waals surface area (Å²) in [6.07, 6.45) is 2.02. The van der Waals surface area contributed by atoms with E-state index in [0.717, 1.165) is 18.4 Å². The lowest BCUT2D eigenvalue weighted by atomic mass is 9.83. The van der Waals surface area contributed by atoms with Crippen molar-refractivity contribution in [3.8, 4) is 0 Å². The number of hydrogen-bond acceptors (Lipinski definition) is 2. The molecular weight excluding hydrogens is 226 g/mol. The molecule has 1 aromatic rings. The van der Waals surface area contributed by atoms with Crippen molar-refractivity contribution < 1.29 is 9.90 Å². The van der Waals surface area contributed by atoms with Gasteiger partial charge in [0.2, 0.25) is 5.91 Å². The second kappa shape index (κ2) is 4.73. The molecule has 1 aliphatic rings. The van der Waals surface area contributed by atoms with Gasteiger partial charge in [-0.05, 0) is 32.3 Å². The summed E-state index contributed by atoms with van der Waals surface area (Å²) in [7, 11) is 0. The molecule has 0 aliphatic heterocycles. The lowest BCUT2D eigenvalue weighted by Gasteiger charge is -2.25. The Labute approximate surface area is 108 Å². The molecule has 0 unspecified atom stereocenters. The molecule has 3 heteroatoms. The average molecular weight is 247 g/mol. The van der Waals surface area contributed by atoms with Crippen LogP contribution in [0.15, 0.2) is 30.3 Å². The highest BCUT2D eigenvalue weighted by Crippen LogP contribution is 2.44. The van der Waals surface area contributed by atoms with Crippen molar-refractivity contribution >= 4 is 5.91 Å². The molecule has 98 valence electrons. The Morgan fingerprint density at radius 1 is 1.33 bits per heavy atom. The SMILES string of the molecule is CC(C)(C(=O)NCC1(CO)CC1)c1ccccc1. The quantitative estimate of drug-likeness (QED) is 0.834. The summed E-state index contributed by atoms with van der Waals surface area (Å²) >= 11 is 0. The molecule has 3 nitrogen and oxygen atoms in total. The molecule has 18 heavy (non-hydrogen) atoms. The van der Waals surface area contributed by atoms with Gasteiger partial charge in [0, 0.05) is 12.0 Å². The van der Waals surface area contributed by atoms with Gasteiger partial charge in [-0.3, -0.25) is 4.79 Å². The fourth-order valence-electron chi connectivity index (χ4n) is 2.04. The predicted molar refractivity (Wildman–Crippen MR) is 71.2 cm³/mol. The number of rotatable bonds is 5. The topological polar surface area (TPSA) is 49.3 Å². The van der Waals surface area contributed by atoms with Crippen LogP contribution in [-0.2, 0) is 10.2 Å². The minimum absolute atomic E-state index is 0.0217. The van der Waals surface area contributed by atoms with E-state index in [1.54, 1.807) is 0 Å². The van der Waals surface area contributed by atoms with Crippen molar-refractivity contribution in [3.63, 3.8) is 0 Å². The van der Waals surface area contributed by atoms with Crippen molar-refractivity contribution in [2.75, 3.05) is 13.2 Å². The van der Waals surface area contributed by atoms with Gasteiger partial charge in [0.25, 0.3) is 0 Å². The molecule has 2 rings (SSSR count). The Balaban J connectivity index is 1.99. The zero-order valence-corrected chi connectivity index (χ0v) is 11.1. The Bertz CT molecular complexity index is 421. The smallest absolute Gasteiger partial charge is 0.230 e. The van der Waals surface area contributed by atoms with Crippen LogP contribution < -0.4 is 5.32 Å². The van der Waals surface area contributed by atoms with Crippen LogP contribution in [0.4, 0.5) is 0 Å². The summed E-state index contributed by atoms with van der Waals surface area (Å²) in [5.41, 5.74) is 0.436. The van der Waals surface area contributed by atoms with Crippen LogP contribution in [0.25, 0.3) is 0 Å². The summed E-state index contributed by atoms with van der Waals surface area (Å²) in [6.45, 7) is 4.60.